The van der Waals surface area contributed by atoms with Gasteiger partial charge in [-0.3, -0.25) is 0 Å². The predicted octanol–water partition coefficient (Wildman–Crippen LogP) is 3.87. The van der Waals surface area contributed by atoms with Crippen LogP contribution in [-0.2, 0) is 6.54 Å². The highest BCUT2D eigenvalue weighted by Crippen LogP contribution is 2.35. The van der Waals surface area contributed by atoms with Crippen LogP contribution in [0.1, 0.15) is 5.56 Å². The maximum Gasteiger partial charge on any atom is 0.126 e. The molecule has 0 heterocycles. The van der Waals surface area contributed by atoms with Crippen LogP contribution in [0.5, 0.6) is 5.75 Å². The zero-order valence-corrected chi connectivity index (χ0v) is 11.6. The van der Waals surface area contributed by atoms with Crippen molar-refractivity contribution in [2.45, 2.75) is 6.54 Å². The summed E-state index contributed by atoms with van der Waals surface area (Å²) in [6.45, 7) is 0.726. The molecule has 0 aliphatic heterocycles. The summed E-state index contributed by atoms with van der Waals surface area (Å²) in [7, 11) is 3.46. The summed E-state index contributed by atoms with van der Waals surface area (Å²) in [6, 6.07) is 10.1. The molecule has 0 atom stereocenters. The number of benzene rings is 2. The number of methoxy groups -OCH3 is 1. The van der Waals surface area contributed by atoms with Crippen LogP contribution in [0.25, 0.3) is 11.1 Å². The Morgan fingerprint density at radius 2 is 1.95 bits per heavy atom. The Labute approximate surface area is 117 Å². The summed E-state index contributed by atoms with van der Waals surface area (Å²) in [6.07, 6.45) is 0. The first-order chi connectivity index (χ1) is 9.15. The minimum atomic E-state index is -0.319. The third-order valence-electron chi connectivity index (χ3n) is 2.86. The standard InChI is InChI=1S/C15H15ClFNO/c1-18-9-10-3-6-15(19-2)13(7-10)12-8-11(17)4-5-14(12)16/h3-8,18H,9H2,1-2H3. The molecular weight excluding hydrogens is 265 g/mol. The third-order valence-corrected chi connectivity index (χ3v) is 3.19. The first kappa shape index (κ1) is 13.8. The van der Waals surface area contributed by atoms with Gasteiger partial charge >= 0.3 is 0 Å². The summed E-state index contributed by atoms with van der Waals surface area (Å²) < 4.78 is 18.7. The van der Waals surface area contributed by atoms with Crippen LogP contribution in [0.15, 0.2) is 36.4 Å². The molecule has 4 heteroatoms. The predicted molar refractivity (Wildman–Crippen MR) is 76.2 cm³/mol. The van der Waals surface area contributed by atoms with Gasteiger partial charge in [0, 0.05) is 22.7 Å². The highest BCUT2D eigenvalue weighted by molar-refractivity contribution is 6.33. The lowest BCUT2D eigenvalue weighted by molar-refractivity contribution is 0.416. The van der Waals surface area contributed by atoms with Gasteiger partial charge in [0.05, 0.1) is 7.11 Å². The second-order valence-electron chi connectivity index (χ2n) is 4.19. The number of halogens is 2. The summed E-state index contributed by atoms with van der Waals surface area (Å²) in [5.41, 5.74) is 2.51. The van der Waals surface area contributed by atoms with Crippen molar-refractivity contribution in [3.05, 3.63) is 52.8 Å². The largest absolute Gasteiger partial charge is 0.496 e. The first-order valence-electron chi connectivity index (χ1n) is 5.92. The molecule has 0 radical (unpaired) electrons. The normalized spacial score (nSPS) is 10.5. The molecule has 0 amide bonds. The molecule has 0 bridgehead atoms. The number of nitrogens with one attached hydrogen (secondary N) is 1. The lowest BCUT2D eigenvalue weighted by Crippen LogP contribution is -2.05. The van der Waals surface area contributed by atoms with E-state index in [0.29, 0.717) is 16.3 Å². The van der Waals surface area contributed by atoms with Crippen LogP contribution in [-0.4, -0.2) is 14.2 Å². The average Bonchev–Trinajstić information content (AvgIpc) is 2.42. The zero-order valence-electron chi connectivity index (χ0n) is 10.8. The van der Waals surface area contributed by atoms with Gasteiger partial charge in [-0.1, -0.05) is 17.7 Å². The monoisotopic (exact) mass is 279 g/mol. The molecule has 2 rings (SSSR count). The Kier molecular flexibility index (Phi) is 4.40. The lowest BCUT2D eigenvalue weighted by atomic mass is 10.0. The zero-order chi connectivity index (χ0) is 13.8. The highest BCUT2D eigenvalue weighted by Gasteiger charge is 2.11. The molecular formula is C15H15ClFNO. The quantitative estimate of drug-likeness (QED) is 0.917. The van der Waals surface area contributed by atoms with E-state index in [0.717, 1.165) is 17.7 Å². The van der Waals surface area contributed by atoms with E-state index in [9.17, 15) is 4.39 Å². The minimum Gasteiger partial charge on any atom is -0.496 e. The van der Waals surface area contributed by atoms with Crippen molar-refractivity contribution < 1.29 is 9.13 Å². The molecule has 1 N–H and O–H groups in total. The van der Waals surface area contributed by atoms with E-state index in [2.05, 4.69) is 5.32 Å². The molecule has 0 aliphatic rings. The molecule has 0 fully saturated rings. The Morgan fingerprint density at radius 3 is 2.63 bits per heavy atom. The molecule has 0 aliphatic carbocycles. The van der Waals surface area contributed by atoms with Crippen molar-refractivity contribution >= 4 is 11.6 Å². The van der Waals surface area contributed by atoms with Gasteiger partial charge in [0.1, 0.15) is 11.6 Å². The van der Waals surface area contributed by atoms with Gasteiger partial charge in [-0.2, -0.15) is 0 Å². The highest BCUT2D eigenvalue weighted by atomic mass is 35.5. The van der Waals surface area contributed by atoms with Gasteiger partial charge in [-0.15, -0.1) is 0 Å². The van der Waals surface area contributed by atoms with E-state index < -0.39 is 0 Å². The topological polar surface area (TPSA) is 21.3 Å². The van der Waals surface area contributed by atoms with Crippen molar-refractivity contribution in [2.24, 2.45) is 0 Å². The molecule has 2 aromatic carbocycles. The number of hydrogen-bond donors (Lipinski definition) is 1. The van der Waals surface area contributed by atoms with Crippen molar-refractivity contribution in [1.29, 1.82) is 0 Å². The van der Waals surface area contributed by atoms with Crippen LogP contribution < -0.4 is 10.1 Å². The molecule has 0 saturated carbocycles. The van der Waals surface area contributed by atoms with Crippen molar-refractivity contribution in [2.75, 3.05) is 14.2 Å². The van der Waals surface area contributed by atoms with E-state index in [1.165, 1.54) is 12.1 Å². The third kappa shape index (κ3) is 3.06. The summed E-state index contributed by atoms with van der Waals surface area (Å²) in [4.78, 5) is 0. The van der Waals surface area contributed by atoms with E-state index in [4.69, 9.17) is 16.3 Å². The Bertz CT molecular complexity index is 586. The smallest absolute Gasteiger partial charge is 0.126 e. The SMILES string of the molecule is CNCc1ccc(OC)c(-c2cc(F)ccc2Cl)c1. The van der Waals surface area contributed by atoms with Gasteiger partial charge in [-0.25, -0.2) is 4.39 Å². The van der Waals surface area contributed by atoms with Crippen LogP contribution in [0.4, 0.5) is 4.39 Å². The molecule has 19 heavy (non-hydrogen) atoms. The molecule has 0 saturated heterocycles. The molecule has 0 unspecified atom stereocenters. The summed E-state index contributed by atoms with van der Waals surface area (Å²) in [5.74, 6) is 0.354. The average molecular weight is 280 g/mol. The van der Waals surface area contributed by atoms with E-state index in [1.807, 2.05) is 25.2 Å². The van der Waals surface area contributed by atoms with Crippen molar-refractivity contribution in [3.63, 3.8) is 0 Å². The number of rotatable bonds is 4. The molecule has 2 aromatic rings. The van der Waals surface area contributed by atoms with E-state index in [1.54, 1.807) is 13.2 Å². The second kappa shape index (κ2) is 6.04. The maximum absolute atomic E-state index is 13.4. The van der Waals surface area contributed by atoms with Gasteiger partial charge < -0.3 is 10.1 Å². The van der Waals surface area contributed by atoms with Crippen LogP contribution in [0.2, 0.25) is 5.02 Å². The first-order valence-corrected chi connectivity index (χ1v) is 6.30. The Balaban J connectivity index is 2.58. The Morgan fingerprint density at radius 1 is 1.16 bits per heavy atom. The maximum atomic E-state index is 13.4. The van der Waals surface area contributed by atoms with Crippen LogP contribution >= 0.6 is 11.6 Å². The molecule has 0 aromatic heterocycles. The van der Waals surface area contributed by atoms with Crippen molar-refractivity contribution in [3.8, 4) is 16.9 Å². The number of hydrogen-bond acceptors (Lipinski definition) is 2. The molecule has 100 valence electrons. The second-order valence-corrected chi connectivity index (χ2v) is 4.60. The lowest BCUT2D eigenvalue weighted by Gasteiger charge is -2.12. The fourth-order valence-corrected chi connectivity index (χ4v) is 2.20. The molecule has 0 spiro atoms. The van der Waals surface area contributed by atoms with Gasteiger partial charge in [0.15, 0.2) is 0 Å². The minimum absolute atomic E-state index is 0.319. The van der Waals surface area contributed by atoms with Gasteiger partial charge in [-0.05, 0) is 42.9 Å². The fraction of sp³-hybridized carbons (Fsp3) is 0.200. The van der Waals surface area contributed by atoms with Gasteiger partial charge in [0.2, 0.25) is 0 Å². The van der Waals surface area contributed by atoms with E-state index >= 15 is 0 Å². The molecule has 2 nitrogen and oxygen atoms in total. The summed E-state index contributed by atoms with van der Waals surface area (Å²) >= 11 is 6.15. The fourth-order valence-electron chi connectivity index (χ4n) is 1.98. The van der Waals surface area contributed by atoms with E-state index in [-0.39, 0.29) is 5.82 Å². The summed E-state index contributed by atoms with van der Waals surface area (Å²) in [5, 5.41) is 3.58. The van der Waals surface area contributed by atoms with Crippen molar-refractivity contribution in [1.82, 2.24) is 5.32 Å². The van der Waals surface area contributed by atoms with Crippen LogP contribution in [0.3, 0.4) is 0 Å². The van der Waals surface area contributed by atoms with Crippen LogP contribution in [0, 0.1) is 5.82 Å². The Hall–Kier alpha value is -1.58. The number of ether oxygens (including phenoxy) is 1. The van der Waals surface area contributed by atoms with Gasteiger partial charge in [0.25, 0.3) is 0 Å².